The first-order chi connectivity index (χ1) is 20.8. The van der Waals surface area contributed by atoms with Crippen LogP contribution in [0.1, 0.15) is 0 Å². The Morgan fingerprint density at radius 2 is 1.26 bits per heavy atom. The largest absolute Gasteiger partial charge is 0.243 e. The number of nitrogens with zero attached hydrogens (tertiary/aromatic N) is 2. The van der Waals surface area contributed by atoms with Gasteiger partial charge in [0.1, 0.15) is 10.3 Å². The van der Waals surface area contributed by atoms with Crippen LogP contribution in [0.5, 0.6) is 0 Å². The highest BCUT2D eigenvalue weighted by atomic mass is 32.1. The summed E-state index contributed by atoms with van der Waals surface area (Å²) in [5.41, 5.74) is 7.82. The Kier molecular flexibility index (Phi) is 5.27. The molecule has 0 saturated carbocycles. The smallest absolute Gasteiger partial charge is 0.143 e. The van der Waals surface area contributed by atoms with Crippen molar-refractivity contribution in [2.75, 3.05) is 0 Å². The molecule has 2 nitrogen and oxygen atoms in total. The number of aromatic nitrogens is 2. The van der Waals surface area contributed by atoms with E-state index in [1.165, 1.54) is 63.3 Å². The van der Waals surface area contributed by atoms with E-state index >= 15 is 0 Å². The third-order valence-electron chi connectivity index (χ3n) is 8.17. The molecular weight excluding hydrogens is 549 g/mol. The van der Waals surface area contributed by atoms with Gasteiger partial charge in [-0.3, -0.25) is 0 Å². The van der Waals surface area contributed by atoms with Gasteiger partial charge in [-0.15, -0.1) is 22.7 Å². The van der Waals surface area contributed by atoms with E-state index in [0.717, 1.165) is 21.6 Å². The van der Waals surface area contributed by atoms with Crippen LogP contribution in [0, 0.1) is 0 Å². The molecule has 0 unspecified atom stereocenters. The van der Waals surface area contributed by atoms with Crippen molar-refractivity contribution in [3.8, 4) is 33.5 Å². The van der Waals surface area contributed by atoms with Gasteiger partial charge in [-0.1, -0.05) is 109 Å². The molecule has 0 aliphatic heterocycles. The lowest BCUT2D eigenvalue weighted by Gasteiger charge is -2.08. The minimum atomic E-state index is 0.894. The second-order valence-corrected chi connectivity index (χ2v) is 12.7. The summed E-state index contributed by atoms with van der Waals surface area (Å²) in [7, 11) is 0. The molecule has 0 atom stereocenters. The number of hydrogen-bond acceptors (Lipinski definition) is 4. The van der Waals surface area contributed by atoms with Gasteiger partial charge in [-0.05, 0) is 51.2 Å². The summed E-state index contributed by atoms with van der Waals surface area (Å²) in [6, 6.07) is 45.8. The van der Waals surface area contributed by atoms with E-state index in [4.69, 9.17) is 9.97 Å². The maximum atomic E-state index is 5.17. The zero-order chi connectivity index (χ0) is 27.6. The van der Waals surface area contributed by atoms with Gasteiger partial charge >= 0.3 is 0 Å². The normalized spacial score (nSPS) is 11.8. The summed E-state index contributed by atoms with van der Waals surface area (Å²) < 4.78 is 3.90. The summed E-state index contributed by atoms with van der Waals surface area (Å²) >= 11 is 3.58. The van der Waals surface area contributed by atoms with Crippen molar-refractivity contribution in [2.45, 2.75) is 0 Å². The fourth-order valence-corrected chi connectivity index (χ4v) is 8.36. The van der Waals surface area contributed by atoms with Gasteiger partial charge in [0.25, 0.3) is 0 Å². The molecule has 0 bridgehead atoms. The van der Waals surface area contributed by atoms with Crippen LogP contribution in [-0.2, 0) is 0 Å². The second-order valence-electron chi connectivity index (χ2n) is 10.6. The molecule has 9 rings (SSSR count). The molecule has 0 aliphatic carbocycles. The number of thiophene rings is 2. The standard InChI is InChI=1S/C38H22N2S2/c1-2-10-28-24(7-1)19-20-34-35(28)36-38(42-34)39-22-32(40-36)27-9-5-8-26(21-27)23-15-17-25(18-16-23)29-12-6-13-31-30-11-3-4-14-33(30)41-37(29)31/h1-22H. The third-order valence-corrected chi connectivity index (χ3v) is 10.4. The molecule has 3 aromatic heterocycles. The Balaban J connectivity index is 1.11. The van der Waals surface area contributed by atoms with Gasteiger partial charge in [0.15, 0.2) is 0 Å². The van der Waals surface area contributed by atoms with Crippen molar-refractivity contribution < 1.29 is 0 Å². The molecular formula is C38H22N2S2. The predicted molar refractivity (Wildman–Crippen MR) is 182 cm³/mol. The quantitative estimate of drug-likeness (QED) is 0.211. The van der Waals surface area contributed by atoms with Crippen LogP contribution in [0.3, 0.4) is 0 Å². The Hall–Kier alpha value is -4.90. The predicted octanol–water partition coefficient (Wildman–Crippen LogP) is 11.4. The van der Waals surface area contributed by atoms with Gasteiger partial charge in [0, 0.05) is 35.8 Å². The molecule has 0 aliphatic rings. The van der Waals surface area contributed by atoms with Crippen LogP contribution in [0.25, 0.3) is 84.9 Å². The fourth-order valence-electron chi connectivity index (χ4n) is 6.11. The van der Waals surface area contributed by atoms with E-state index in [-0.39, 0.29) is 0 Å². The highest BCUT2D eigenvalue weighted by Crippen LogP contribution is 2.41. The summed E-state index contributed by atoms with van der Waals surface area (Å²) in [5, 5.41) is 6.31. The van der Waals surface area contributed by atoms with E-state index in [1.54, 1.807) is 11.3 Å². The van der Waals surface area contributed by atoms with Crippen LogP contribution in [0.2, 0.25) is 0 Å². The third kappa shape index (κ3) is 3.69. The highest BCUT2D eigenvalue weighted by Gasteiger charge is 2.14. The number of rotatable bonds is 3. The molecule has 42 heavy (non-hydrogen) atoms. The Bertz CT molecular complexity index is 2470. The summed E-state index contributed by atoms with van der Waals surface area (Å²) in [5.74, 6) is 0. The molecule has 0 saturated heterocycles. The van der Waals surface area contributed by atoms with Crippen LogP contribution in [0.15, 0.2) is 134 Å². The number of benzene rings is 6. The van der Waals surface area contributed by atoms with Gasteiger partial charge in [0.2, 0.25) is 0 Å². The number of fused-ring (bicyclic) bond motifs is 8. The average molecular weight is 571 g/mol. The molecule has 0 amide bonds. The number of hydrogen-bond donors (Lipinski definition) is 0. The molecule has 4 heteroatoms. The lowest BCUT2D eigenvalue weighted by Crippen LogP contribution is -1.88. The first kappa shape index (κ1) is 23.8. The Morgan fingerprint density at radius 3 is 2.19 bits per heavy atom. The van der Waals surface area contributed by atoms with Crippen LogP contribution in [-0.4, -0.2) is 9.97 Å². The minimum absolute atomic E-state index is 0.894. The Morgan fingerprint density at radius 1 is 0.500 bits per heavy atom. The first-order valence-electron chi connectivity index (χ1n) is 14.0. The van der Waals surface area contributed by atoms with Gasteiger partial charge in [-0.25, -0.2) is 9.97 Å². The van der Waals surface area contributed by atoms with Crippen molar-refractivity contribution in [2.24, 2.45) is 0 Å². The van der Waals surface area contributed by atoms with Gasteiger partial charge in [0.05, 0.1) is 11.9 Å². The zero-order valence-corrected chi connectivity index (χ0v) is 24.0. The van der Waals surface area contributed by atoms with E-state index in [2.05, 4.69) is 127 Å². The molecule has 0 N–H and O–H groups in total. The van der Waals surface area contributed by atoms with E-state index in [9.17, 15) is 0 Å². The SMILES string of the molecule is c1cc(-c2ccc(-c3cccc4c3sc3ccccc34)cc2)cc(-c2cnc3sc4ccc5ccccc5c4c3n2)c1. The van der Waals surface area contributed by atoms with Gasteiger partial charge < -0.3 is 0 Å². The summed E-state index contributed by atoms with van der Waals surface area (Å²) in [6.45, 7) is 0. The molecule has 3 heterocycles. The van der Waals surface area contributed by atoms with Crippen molar-refractivity contribution in [1.82, 2.24) is 9.97 Å². The van der Waals surface area contributed by atoms with Crippen molar-refractivity contribution >= 4 is 74.1 Å². The van der Waals surface area contributed by atoms with Crippen molar-refractivity contribution in [3.63, 3.8) is 0 Å². The van der Waals surface area contributed by atoms with Crippen LogP contribution >= 0.6 is 22.7 Å². The van der Waals surface area contributed by atoms with Crippen molar-refractivity contribution in [3.05, 3.63) is 134 Å². The van der Waals surface area contributed by atoms with Crippen LogP contribution < -0.4 is 0 Å². The van der Waals surface area contributed by atoms with E-state index < -0.39 is 0 Å². The molecule has 9 aromatic rings. The van der Waals surface area contributed by atoms with E-state index in [1.807, 2.05) is 17.5 Å². The fraction of sp³-hybridized carbons (Fsp3) is 0. The Labute approximate surface area is 250 Å². The maximum absolute atomic E-state index is 5.17. The molecule has 0 spiro atoms. The lowest BCUT2D eigenvalue weighted by molar-refractivity contribution is 1.32. The van der Waals surface area contributed by atoms with Gasteiger partial charge in [-0.2, -0.15) is 0 Å². The van der Waals surface area contributed by atoms with Crippen molar-refractivity contribution in [1.29, 1.82) is 0 Å². The topological polar surface area (TPSA) is 25.8 Å². The summed E-state index contributed by atoms with van der Waals surface area (Å²) in [6.07, 6.45) is 1.91. The van der Waals surface area contributed by atoms with Crippen LogP contribution in [0.4, 0.5) is 0 Å². The summed E-state index contributed by atoms with van der Waals surface area (Å²) in [4.78, 5) is 11.0. The minimum Gasteiger partial charge on any atom is -0.243 e. The average Bonchev–Trinajstić information content (AvgIpc) is 3.63. The molecule has 6 aromatic carbocycles. The molecule has 0 radical (unpaired) electrons. The zero-order valence-electron chi connectivity index (χ0n) is 22.4. The first-order valence-corrected chi connectivity index (χ1v) is 15.6. The second kappa shape index (κ2) is 9.31. The highest BCUT2D eigenvalue weighted by molar-refractivity contribution is 7.26. The lowest BCUT2D eigenvalue weighted by atomic mass is 9.98. The molecule has 0 fully saturated rings. The van der Waals surface area contributed by atoms with E-state index in [0.29, 0.717) is 0 Å². The molecule has 196 valence electrons. The monoisotopic (exact) mass is 570 g/mol. The maximum Gasteiger partial charge on any atom is 0.143 e.